The van der Waals surface area contributed by atoms with Gasteiger partial charge in [0.05, 0.1) is 6.42 Å². The molecule has 0 amide bonds. The smallest absolute Gasteiger partial charge is 0.330 e. The highest BCUT2D eigenvalue weighted by molar-refractivity contribution is 5.36. The Morgan fingerprint density at radius 1 is 1.05 bits per heavy atom. The highest BCUT2D eigenvalue weighted by atomic mass is 19.4. The molecule has 0 spiro atoms. The standard InChI is InChI=1S/C15H20F3N/c16-15(17,18)10-12-6-2-3-7-13(12)14(11-19)8-4-1-5-9-14/h2-3,6-7H,1,4-5,8-11,19H2. The van der Waals surface area contributed by atoms with Gasteiger partial charge in [0, 0.05) is 12.0 Å². The lowest BCUT2D eigenvalue weighted by Gasteiger charge is -2.38. The summed E-state index contributed by atoms with van der Waals surface area (Å²) in [7, 11) is 0. The van der Waals surface area contributed by atoms with Gasteiger partial charge in [-0.05, 0) is 24.0 Å². The van der Waals surface area contributed by atoms with Crippen LogP contribution in [0.5, 0.6) is 0 Å². The van der Waals surface area contributed by atoms with Gasteiger partial charge in [0.1, 0.15) is 0 Å². The fourth-order valence-electron chi connectivity index (χ4n) is 3.22. The molecule has 1 aliphatic rings. The van der Waals surface area contributed by atoms with Crippen molar-refractivity contribution in [2.45, 2.75) is 50.1 Å². The number of halogens is 3. The van der Waals surface area contributed by atoms with Crippen LogP contribution in [0.25, 0.3) is 0 Å². The summed E-state index contributed by atoms with van der Waals surface area (Å²) < 4.78 is 38.1. The number of hydrogen-bond acceptors (Lipinski definition) is 1. The predicted molar refractivity (Wildman–Crippen MR) is 70.0 cm³/mol. The maximum Gasteiger partial charge on any atom is 0.393 e. The number of nitrogens with two attached hydrogens (primary N) is 1. The molecule has 0 atom stereocenters. The molecule has 0 radical (unpaired) electrons. The molecule has 2 rings (SSSR count). The minimum Gasteiger partial charge on any atom is -0.330 e. The van der Waals surface area contributed by atoms with Crippen LogP contribution in [-0.2, 0) is 11.8 Å². The Morgan fingerprint density at radius 2 is 1.68 bits per heavy atom. The molecule has 0 aliphatic heterocycles. The molecule has 0 bridgehead atoms. The fourth-order valence-corrected chi connectivity index (χ4v) is 3.22. The lowest BCUT2D eigenvalue weighted by atomic mass is 9.68. The van der Waals surface area contributed by atoms with Crippen LogP contribution in [0.1, 0.15) is 43.2 Å². The third-order valence-electron chi connectivity index (χ3n) is 4.18. The van der Waals surface area contributed by atoms with Gasteiger partial charge in [-0.1, -0.05) is 43.5 Å². The van der Waals surface area contributed by atoms with Crippen molar-refractivity contribution < 1.29 is 13.2 Å². The maximum atomic E-state index is 12.7. The van der Waals surface area contributed by atoms with E-state index in [9.17, 15) is 13.2 Å². The first-order chi connectivity index (χ1) is 8.97. The van der Waals surface area contributed by atoms with Crippen molar-refractivity contribution in [1.29, 1.82) is 0 Å². The zero-order valence-corrected chi connectivity index (χ0v) is 11.0. The monoisotopic (exact) mass is 271 g/mol. The second-order valence-electron chi connectivity index (χ2n) is 5.49. The second-order valence-corrected chi connectivity index (χ2v) is 5.49. The van der Waals surface area contributed by atoms with Gasteiger partial charge in [-0.15, -0.1) is 0 Å². The summed E-state index contributed by atoms with van der Waals surface area (Å²) in [6, 6.07) is 6.92. The highest BCUT2D eigenvalue weighted by Gasteiger charge is 2.37. The van der Waals surface area contributed by atoms with Crippen molar-refractivity contribution in [2.24, 2.45) is 5.73 Å². The van der Waals surface area contributed by atoms with Gasteiger partial charge in [0.2, 0.25) is 0 Å². The number of rotatable bonds is 3. The molecule has 1 saturated carbocycles. The molecule has 0 unspecified atom stereocenters. The first-order valence-electron chi connectivity index (χ1n) is 6.82. The summed E-state index contributed by atoms with van der Waals surface area (Å²) in [4.78, 5) is 0. The Kier molecular flexibility index (Phi) is 4.19. The van der Waals surface area contributed by atoms with E-state index in [4.69, 9.17) is 5.73 Å². The minimum atomic E-state index is -4.17. The number of alkyl halides is 3. The fraction of sp³-hybridized carbons (Fsp3) is 0.600. The molecule has 1 nitrogen and oxygen atoms in total. The first kappa shape index (κ1) is 14.4. The quantitative estimate of drug-likeness (QED) is 0.885. The molecule has 19 heavy (non-hydrogen) atoms. The van der Waals surface area contributed by atoms with Crippen molar-refractivity contribution in [2.75, 3.05) is 6.54 Å². The van der Waals surface area contributed by atoms with E-state index in [-0.39, 0.29) is 5.41 Å². The van der Waals surface area contributed by atoms with Crippen LogP contribution in [0, 0.1) is 0 Å². The average molecular weight is 271 g/mol. The van der Waals surface area contributed by atoms with Gasteiger partial charge in [0.15, 0.2) is 0 Å². The Balaban J connectivity index is 2.37. The van der Waals surface area contributed by atoms with Gasteiger partial charge >= 0.3 is 6.18 Å². The normalized spacial score (nSPS) is 19.4. The van der Waals surface area contributed by atoms with Crippen LogP contribution in [0.2, 0.25) is 0 Å². The molecule has 106 valence electrons. The molecule has 2 N–H and O–H groups in total. The van der Waals surface area contributed by atoms with E-state index < -0.39 is 12.6 Å². The molecular formula is C15H20F3N. The van der Waals surface area contributed by atoms with Gasteiger partial charge in [-0.2, -0.15) is 13.2 Å². The van der Waals surface area contributed by atoms with E-state index >= 15 is 0 Å². The maximum absolute atomic E-state index is 12.7. The van der Waals surface area contributed by atoms with Crippen LogP contribution in [0.4, 0.5) is 13.2 Å². The largest absolute Gasteiger partial charge is 0.393 e. The molecule has 1 aliphatic carbocycles. The highest BCUT2D eigenvalue weighted by Crippen LogP contribution is 2.41. The molecule has 1 fully saturated rings. The van der Waals surface area contributed by atoms with E-state index in [0.29, 0.717) is 12.1 Å². The van der Waals surface area contributed by atoms with Crippen molar-refractivity contribution in [3.05, 3.63) is 35.4 Å². The molecular weight excluding hydrogens is 251 g/mol. The summed E-state index contributed by atoms with van der Waals surface area (Å²) in [5.74, 6) is 0. The predicted octanol–water partition coefficient (Wildman–Crippen LogP) is 3.95. The molecule has 0 heterocycles. The summed E-state index contributed by atoms with van der Waals surface area (Å²) in [5.41, 5.74) is 6.88. The van der Waals surface area contributed by atoms with Crippen molar-refractivity contribution in [3.63, 3.8) is 0 Å². The van der Waals surface area contributed by atoms with Crippen LogP contribution >= 0.6 is 0 Å². The Labute approximate surface area is 112 Å². The average Bonchev–Trinajstić information content (AvgIpc) is 2.38. The summed E-state index contributed by atoms with van der Waals surface area (Å²) >= 11 is 0. The third-order valence-corrected chi connectivity index (χ3v) is 4.18. The van der Waals surface area contributed by atoms with E-state index in [1.807, 2.05) is 12.1 Å². The van der Waals surface area contributed by atoms with E-state index in [2.05, 4.69) is 0 Å². The molecule has 0 aromatic heterocycles. The van der Waals surface area contributed by atoms with Crippen molar-refractivity contribution in [1.82, 2.24) is 0 Å². The Morgan fingerprint density at radius 3 is 2.26 bits per heavy atom. The van der Waals surface area contributed by atoms with E-state index in [0.717, 1.165) is 37.7 Å². The Bertz CT molecular complexity index is 420. The third kappa shape index (κ3) is 3.30. The summed E-state index contributed by atoms with van der Waals surface area (Å²) in [5, 5.41) is 0. The zero-order valence-electron chi connectivity index (χ0n) is 11.0. The molecule has 4 heteroatoms. The number of benzene rings is 1. The summed E-state index contributed by atoms with van der Waals surface area (Å²) in [6.45, 7) is 0.432. The Hall–Kier alpha value is -1.03. The second kappa shape index (κ2) is 5.53. The molecule has 1 aromatic rings. The van der Waals surface area contributed by atoms with E-state index in [1.54, 1.807) is 12.1 Å². The van der Waals surface area contributed by atoms with Crippen LogP contribution in [-0.4, -0.2) is 12.7 Å². The van der Waals surface area contributed by atoms with Gasteiger partial charge in [-0.25, -0.2) is 0 Å². The first-order valence-corrected chi connectivity index (χ1v) is 6.82. The van der Waals surface area contributed by atoms with E-state index in [1.165, 1.54) is 0 Å². The van der Waals surface area contributed by atoms with Gasteiger partial charge < -0.3 is 5.73 Å². The van der Waals surface area contributed by atoms with Crippen molar-refractivity contribution >= 4 is 0 Å². The molecule has 0 saturated heterocycles. The van der Waals surface area contributed by atoms with Gasteiger partial charge in [-0.3, -0.25) is 0 Å². The van der Waals surface area contributed by atoms with Crippen LogP contribution in [0.3, 0.4) is 0 Å². The molecule has 1 aromatic carbocycles. The lowest BCUT2D eigenvalue weighted by molar-refractivity contribution is -0.127. The zero-order chi connectivity index (χ0) is 13.9. The SMILES string of the molecule is NCC1(c2ccccc2CC(F)(F)F)CCCCC1. The van der Waals surface area contributed by atoms with Gasteiger partial charge in [0.25, 0.3) is 0 Å². The van der Waals surface area contributed by atoms with Crippen molar-refractivity contribution in [3.8, 4) is 0 Å². The minimum absolute atomic E-state index is 0.250. The topological polar surface area (TPSA) is 26.0 Å². The van der Waals surface area contributed by atoms with Crippen LogP contribution < -0.4 is 5.73 Å². The summed E-state index contributed by atoms with van der Waals surface area (Å²) in [6.07, 6.45) is 0.0422. The number of hydrogen-bond donors (Lipinski definition) is 1. The lowest BCUT2D eigenvalue weighted by Crippen LogP contribution is -2.38. The van der Waals surface area contributed by atoms with Crippen LogP contribution in [0.15, 0.2) is 24.3 Å².